The fourth-order valence-corrected chi connectivity index (χ4v) is 4.36. The van der Waals surface area contributed by atoms with E-state index in [-0.39, 0.29) is 5.91 Å². The summed E-state index contributed by atoms with van der Waals surface area (Å²) in [4.78, 5) is 30.9. The van der Waals surface area contributed by atoms with Gasteiger partial charge >= 0.3 is 5.97 Å². The topological polar surface area (TPSA) is 75.4 Å². The van der Waals surface area contributed by atoms with E-state index in [1.165, 1.54) is 11.1 Å². The lowest BCUT2D eigenvalue weighted by Crippen LogP contribution is -2.52. The second-order valence-corrected chi connectivity index (χ2v) is 7.31. The van der Waals surface area contributed by atoms with E-state index in [1.807, 2.05) is 19.1 Å². The Hall–Kier alpha value is -2.63. The third kappa shape index (κ3) is 2.60. The van der Waals surface area contributed by atoms with Gasteiger partial charge in [-0.2, -0.15) is 0 Å². The van der Waals surface area contributed by atoms with Crippen LogP contribution in [-0.4, -0.2) is 44.5 Å². The van der Waals surface area contributed by atoms with Crippen LogP contribution < -0.4 is 0 Å². The van der Waals surface area contributed by atoms with Crippen LogP contribution in [-0.2, 0) is 23.2 Å². The summed E-state index contributed by atoms with van der Waals surface area (Å²) in [6.45, 7) is 2.67. The summed E-state index contributed by atoms with van der Waals surface area (Å²) in [5.41, 5.74) is 2.32. The van der Waals surface area contributed by atoms with Gasteiger partial charge in [0.2, 0.25) is 0 Å². The third-order valence-electron chi connectivity index (χ3n) is 5.91. The van der Waals surface area contributed by atoms with Crippen LogP contribution in [0, 0.1) is 6.92 Å². The number of nitrogens with zero attached hydrogens (tertiary/aromatic N) is 3. The van der Waals surface area contributed by atoms with Gasteiger partial charge in [-0.1, -0.05) is 6.07 Å². The summed E-state index contributed by atoms with van der Waals surface area (Å²) in [7, 11) is 0. The fraction of sp³-hybridized carbons (Fsp3) is 0.450. The first-order valence-corrected chi connectivity index (χ1v) is 9.16. The van der Waals surface area contributed by atoms with E-state index < -0.39 is 11.5 Å². The number of piperidine rings is 1. The fourth-order valence-electron chi connectivity index (χ4n) is 4.36. The molecule has 2 heterocycles. The van der Waals surface area contributed by atoms with E-state index in [0.29, 0.717) is 37.3 Å². The Morgan fingerprint density at radius 3 is 2.54 bits per heavy atom. The molecule has 0 radical (unpaired) electrons. The summed E-state index contributed by atoms with van der Waals surface area (Å²) in [5.74, 6) is -0.171. The van der Waals surface area contributed by atoms with Crippen molar-refractivity contribution in [1.29, 1.82) is 0 Å². The number of imidazole rings is 1. The first-order valence-electron chi connectivity index (χ1n) is 9.16. The predicted octanol–water partition coefficient (Wildman–Crippen LogP) is 2.40. The highest BCUT2D eigenvalue weighted by Gasteiger charge is 2.44. The molecule has 6 heteroatoms. The van der Waals surface area contributed by atoms with Crippen molar-refractivity contribution in [3.8, 4) is 0 Å². The molecular weight excluding hydrogens is 330 g/mol. The number of aliphatic carboxylic acids is 1. The van der Waals surface area contributed by atoms with E-state index in [2.05, 4.69) is 11.1 Å². The summed E-state index contributed by atoms with van der Waals surface area (Å²) in [6.07, 6.45) is 7.41. The van der Waals surface area contributed by atoms with Crippen molar-refractivity contribution in [1.82, 2.24) is 14.5 Å². The number of aromatic nitrogens is 2. The van der Waals surface area contributed by atoms with Gasteiger partial charge in [-0.05, 0) is 62.3 Å². The molecule has 1 saturated heterocycles. The molecule has 1 aliphatic carbocycles. The average molecular weight is 353 g/mol. The normalized spacial score (nSPS) is 18.6. The maximum absolute atomic E-state index is 12.9. The lowest BCUT2D eigenvalue weighted by atomic mass is 9.86. The van der Waals surface area contributed by atoms with Gasteiger partial charge in [-0.25, -0.2) is 9.78 Å². The third-order valence-corrected chi connectivity index (χ3v) is 5.91. The Morgan fingerprint density at radius 1 is 1.15 bits per heavy atom. The number of carbonyl (C=O) groups excluding carboxylic acids is 1. The lowest BCUT2D eigenvalue weighted by Gasteiger charge is -2.40. The van der Waals surface area contributed by atoms with Crippen LogP contribution in [0.15, 0.2) is 30.6 Å². The number of benzene rings is 1. The van der Waals surface area contributed by atoms with Gasteiger partial charge in [0.15, 0.2) is 0 Å². The Labute approximate surface area is 152 Å². The standard InChI is InChI=1S/C20H23N3O3/c1-14-21-9-12-23(14)20(19(25)26)7-10-22(11-8-20)18(24)17-6-5-15-3-2-4-16(15)13-17/h5-6,9,12-13H,2-4,7-8,10-11H2,1H3,(H,25,26). The van der Waals surface area contributed by atoms with Crippen molar-refractivity contribution < 1.29 is 14.7 Å². The van der Waals surface area contributed by atoms with Gasteiger partial charge in [0, 0.05) is 31.0 Å². The highest BCUT2D eigenvalue weighted by atomic mass is 16.4. The van der Waals surface area contributed by atoms with Gasteiger partial charge in [0.05, 0.1) is 0 Å². The van der Waals surface area contributed by atoms with Crippen LogP contribution >= 0.6 is 0 Å². The van der Waals surface area contributed by atoms with Crippen LogP contribution in [0.1, 0.15) is 46.6 Å². The minimum absolute atomic E-state index is 0.000965. The van der Waals surface area contributed by atoms with Gasteiger partial charge < -0.3 is 14.6 Å². The van der Waals surface area contributed by atoms with Crippen LogP contribution in [0.2, 0.25) is 0 Å². The van der Waals surface area contributed by atoms with Gasteiger partial charge in [-0.15, -0.1) is 0 Å². The first-order chi connectivity index (χ1) is 12.5. The summed E-state index contributed by atoms with van der Waals surface area (Å²) >= 11 is 0. The Bertz CT molecular complexity index is 863. The SMILES string of the molecule is Cc1nccn1C1(C(=O)O)CCN(C(=O)c2ccc3c(c2)CCC3)CC1. The molecule has 1 fully saturated rings. The second kappa shape index (κ2) is 6.27. The molecule has 1 aromatic heterocycles. The maximum atomic E-state index is 12.9. The van der Waals surface area contributed by atoms with Crippen molar-refractivity contribution in [2.45, 2.75) is 44.6 Å². The Balaban J connectivity index is 1.53. The molecule has 1 aliphatic heterocycles. The number of rotatable bonds is 3. The Morgan fingerprint density at radius 2 is 1.88 bits per heavy atom. The quantitative estimate of drug-likeness (QED) is 0.919. The predicted molar refractivity (Wildman–Crippen MR) is 96.2 cm³/mol. The number of fused-ring (bicyclic) bond motifs is 1. The molecular formula is C20H23N3O3. The number of amides is 1. The zero-order chi connectivity index (χ0) is 18.3. The zero-order valence-electron chi connectivity index (χ0n) is 14.9. The minimum Gasteiger partial charge on any atom is -0.479 e. The Kier molecular flexibility index (Phi) is 4.05. The van der Waals surface area contributed by atoms with Gasteiger partial charge in [0.25, 0.3) is 5.91 Å². The minimum atomic E-state index is -1.02. The van der Waals surface area contributed by atoms with Crippen LogP contribution in [0.4, 0.5) is 0 Å². The summed E-state index contributed by atoms with van der Waals surface area (Å²) < 4.78 is 1.74. The molecule has 0 atom stereocenters. The van der Waals surface area contributed by atoms with E-state index >= 15 is 0 Å². The molecule has 0 spiro atoms. The highest BCUT2D eigenvalue weighted by Crippen LogP contribution is 2.32. The molecule has 1 aromatic carbocycles. The zero-order valence-corrected chi connectivity index (χ0v) is 14.9. The van der Waals surface area contributed by atoms with Crippen LogP contribution in [0.3, 0.4) is 0 Å². The monoisotopic (exact) mass is 353 g/mol. The molecule has 136 valence electrons. The molecule has 1 N–H and O–H groups in total. The first kappa shape index (κ1) is 16.8. The molecule has 2 aromatic rings. The van der Waals surface area contributed by atoms with Crippen LogP contribution in [0.5, 0.6) is 0 Å². The number of carboxylic acid groups (broad SMARTS) is 1. The summed E-state index contributed by atoms with van der Waals surface area (Å²) in [6, 6.07) is 5.99. The smallest absolute Gasteiger partial charge is 0.330 e. The van der Waals surface area contributed by atoms with Crippen molar-refractivity contribution in [3.63, 3.8) is 0 Å². The van der Waals surface area contributed by atoms with Crippen molar-refractivity contribution in [3.05, 3.63) is 53.1 Å². The maximum Gasteiger partial charge on any atom is 0.330 e. The van der Waals surface area contributed by atoms with E-state index in [0.717, 1.165) is 19.3 Å². The number of aryl methyl sites for hydroxylation is 3. The van der Waals surface area contributed by atoms with E-state index in [9.17, 15) is 14.7 Å². The van der Waals surface area contributed by atoms with E-state index in [4.69, 9.17) is 0 Å². The summed E-state index contributed by atoms with van der Waals surface area (Å²) in [5, 5.41) is 9.88. The lowest BCUT2D eigenvalue weighted by molar-refractivity contribution is -0.150. The molecule has 2 aliphatic rings. The number of carbonyl (C=O) groups is 2. The molecule has 4 rings (SSSR count). The van der Waals surface area contributed by atoms with Crippen molar-refractivity contribution >= 4 is 11.9 Å². The average Bonchev–Trinajstić information content (AvgIpc) is 3.29. The van der Waals surface area contributed by atoms with Crippen molar-refractivity contribution in [2.75, 3.05) is 13.1 Å². The van der Waals surface area contributed by atoms with Gasteiger partial charge in [0.1, 0.15) is 11.4 Å². The van der Waals surface area contributed by atoms with Crippen LogP contribution in [0.25, 0.3) is 0 Å². The molecule has 0 unspecified atom stereocenters. The number of likely N-dealkylation sites (tertiary alicyclic amines) is 1. The number of hydrogen-bond acceptors (Lipinski definition) is 3. The second-order valence-electron chi connectivity index (χ2n) is 7.31. The number of hydrogen-bond donors (Lipinski definition) is 1. The molecule has 0 bridgehead atoms. The number of carboxylic acids is 1. The molecule has 26 heavy (non-hydrogen) atoms. The molecule has 6 nitrogen and oxygen atoms in total. The molecule has 0 saturated carbocycles. The largest absolute Gasteiger partial charge is 0.479 e. The highest BCUT2D eigenvalue weighted by molar-refractivity contribution is 5.94. The van der Waals surface area contributed by atoms with Crippen molar-refractivity contribution in [2.24, 2.45) is 0 Å². The van der Waals surface area contributed by atoms with E-state index in [1.54, 1.807) is 21.9 Å². The van der Waals surface area contributed by atoms with Gasteiger partial charge in [-0.3, -0.25) is 4.79 Å². The molecule has 1 amide bonds.